The number of para-hydroxylation sites is 1. The van der Waals surface area contributed by atoms with E-state index in [1.807, 2.05) is 43.0 Å². The number of hydrogen-bond donors (Lipinski definition) is 1. The van der Waals surface area contributed by atoms with Crippen LogP contribution in [0.4, 0.5) is 10.5 Å². The van der Waals surface area contributed by atoms with Crippen molar-refractivity contribution >= 4 is 11.7 Å². The Kier molecular flexibility index (Phi) is 4.93. The first-order chi connectivity index (χ1) is 11.6. The number of aromatic nitrogens is 2. The van der Waals surface area contributed by atoms with Crippen LogP contribution in [-0.2, 0) is 0 Å². The number of carbonyl (C=O) groups excluding carboxylic acids is 1. The van der Waals surface area contributed by atoms with E-state index in [0.29, 0.717) is 24.8 Å². The van der Waals surface area contributed by atoms with Crippen LogP contribution in [0.5, 0.6) is 5.88 Å². The predicted molar refractivity (Wildman–Crippen MR) is 92.2 cm³/mol. The second-order valence-electron chi connectivity index (χ2n) is 5.99. The van der Waals surface area contributed by atoms with Crippen LogP contribution < -0.4 is 10.1 Å². The summed E-state index contributed by atoms with van der Waals surface area (Å²) in [5, 5.41) is 2.98. The van der Waals surface area contributed by atoms with Gasteiger partial charge in [0.05, 0.1) is 0 Å². The monoisotopic (exact) mass is 326 g/mol. The molecular weight excluding hydrogens is 304 g/mol. The van der Waals surface area contributed by atoms with Crippen LogP contribution in [0.3, 0.4) is 0 Å². The van der Waals surface area contributed by atoms with Gasteiger partial charge in [0.1, 0.15) is 11.9 Å². The minimum Gasteiger partial charge on any atom is -0.474 e. The Bertz CT molecular complexity index is 712. The number of ether oxygens (including phenoxy) is 1. The standard InChI is InChI=1S/C18H22N4O2/c1-13-5-3-4-6-16(13)21-18(23)22-11-8-15(9-12-22)24-17-7-10-19-14(2)20-17/h3-7,10,15H,8-9,11-12H2,1-2H3,(H,21,23). The molecule has 0 saturated carbocycles. The number of benzene rings is 1. The quantitative estimate of drug-likeness (QED) is 0.941. The first kappa shape index (κ1) is 16.2. The van der Waals surface area contributed by atoms with Gasteiger partial charge in [0.25, 0.3) is 0 Å². The number of urea groups is 1. The zero-order valence-corrected chi connectivity index (χ0v) is 14.0. The molecule has 6 heteroatoms. The Hall–Kier alpha value is -2.63. The van der Waals surface area contributed by atoms with E-state index < -0.39 is 0 Å². The molecule has 24 heavy (non-hydrogen) atoms. The molecule has 1 saturated heterocycles. The van der Waals surface area contributed by atoms with Crippen LogP contribution in [0.25, 0.3) is 0 Å². The number of aryl methyl sites for hydroxylation is 2. The number of rotatable bonds is 3. The first-order valence-corrected chi connectivity index (χ1v) is 8.19. The number of piperidine rings is 1. The second-order valence-corrected chi connectivity index (χ2v) is 5.99. The average Bonchev–Trinajstić information content (AvgIpc) is 2.57. The summed E-state index contributed by atoms with van der Waals surface area (Å²) in [6.07, 6.45) is 3.37. The molecule has 2 aromatic rings. The fraction of sp³-hybridized carbons (Fsp3) is 0.389. The van der Waals surface area contributed by atoms with Gasteiger partial charge >= 0.3 is 6.03 Å². The van der Waals surface area contributed by atoms with Crippen LogP contribution in [0.2, 0.25) is 0 Å². The van der Waals surface area contributed by atoms with Gasteiger partial charge in [0.2, 0.25) is 5.88 Å². The van der Waals surface area contributed by atoms with E-state index in [1.54, 1.807) is 12.3 Å². The molecular formula is C18H22N4O2. The van der Waals surface area contributed by atoms with Crippen molar-refractivity contribution in [3.8, 4) is 5.88 Å². The first-order valence-electron chi connectivity index (χ1n) is 8.19. The Morgan fingerprint density at radius 1 is 1.21 bits per heavy atom. The maximum atomic E-state index is 12.4. The molecule has 1 N–H and O–H groups in total. The molecule has 0 bridgehead atoms. The fourth-order valence-electron chi connectivity index (χ4n) is 2.76. The molecule has 6 nitrogen and oxygen atoms in total. The third-order valence-corrected chi connectivity index (χ3v) is 4.15. The highest BCUT2D eigenvalue weighted by atomic mass is 16.5. The van der Waals surface area contributed by atoms with E-state index in [4.69, 9.17) is 4.74 Å². The van der Waals surface area contributed by atoms with Crippen LogP contribution in [0, 0.1) is 13.8 Å². The minimum atomic E-state index is -0.0550. The maximum Gasteiger partial charge on any atom is 0.321 e. The molecule has 0 unspecified atom stereocenters. The SMILES string of the molecule is Cc1nccc(OC2CCN(C(=O)Nc3ccccc3C)CC2)n1. The summed E-state index contributed by atoms with van der Waals surface area (Å²) in [6, 6.07) is 9.50. The number of nitrogens with zero attached hydrogens (tertiary/aromatic N) is 3. The lowest BCUT2D eigenvalue weighted by Gasteiger charge is -2.32. The van der Waals surface area contributed by atoms with E-state index in [0.717, 1.165) is 24.1 Å². The molecule has 1 aromatic heterocycles. The molecule has 2 heterocycles. The highest BCUT2D eigenvalue weighted by Crippen LogP contribution is 2.19. The van der Waals surface area contributed by atoms with Crippen molar-refractivity contribution in [1.29, 1.82) is 0 Å². The van der Waals surface area contributed by atoms with Gasteiger partial charge in [-0.3, -0.25) is 0 Å². The fourth-order valence-corrected chi connectivity index (χ4v) is 2.76. The van der Waals surface area contributed by atoms with Crippen LogP contribution in [-0.4, -0.2) is 40.1 Å². The van der Waals surface area contributed by atoms with Crippen molar-refractivity contribution in [3.63, 3.8) is 0 Å². The molecule has 1 fully saturated rings. The molecule has 2 amide bonds. The largest absolute Gasteiger partial charge is 0.474 e. The Labute approximate surface area is 141 Å². The molecule has 0 atom stereocenters. The highest BCUT2D eigenvalue weighted by molar-refractivity contribution is 5.90. The van der Waals surface area contributed by atoms with Crippen molar-refractivity contribution in [2.75, 3.05) is 18.4 Å². The summed E-state index contributed by atoms with van der Waals surface area (Å²) < 4.78 is 5.89. The zero-order valence-electron chi connectivity index (χ0n) is 14.0. The highest BCUT2D eigenvalue weighted by Gasteiger charge is 2.24. The van der Waals surface area contributed by atoms with Crippen molar-refractivity contribution in [2.45, 2.75) is 32.8 Å². The van der Waals surface area contributed by atoms with Crippen molar-refractivity contribution in [1.82, 2.24) is 14.9 Å². The van der Waals surface area contributed by atoms with Gasteiger partial charge < -0.3 is 15.0 Å². The van der Waals surface area contributed by atoms with Gasteiger partial charge in [0.15, 0.2) is 0 Å². The lowest BCUT2D eigenvalue weighted by molar-refractivity contribution is 0.111. The normalized spacial score (nSPS) is 15.2. The summed E-state index contributed by atoms with van der Waals surface area (Å²) in [4.78, 5) is 22.5. The van der Waals surface area contributed by atoms with Crippen LogP contribution in [0.1, 0.15) is 24.2 Å². The van der Waals surface area contributed by atoms with Gasteiger partial charge in [0, 0.05) is 43.9 Å². The van der Waals surface area contributed by atoms with Gasteiger partial charge in [-0.1, -0.05) is 18.2 Å². The van der Waals surface area contributed by atoms with Crippen LogP contribution >= 0.6 is 0 Å². The Balaban J connectivity index is 1.51. The smallest absolute Gasteiger partial charge is 0.321 e. The van der Waals surface area contributed by atoms with E-state index in [2.05, 4.69) is 15.3 Å². The third kappa shape index (κ3) is 4.01. The average molecular weight is 326 g/mol. The van der Waals surface area contributed by atoms with Gasteiger partial charge in [-0.15, -0.1) is 0 Å². The molecule has 0 radical (unpaired) electrons. The number of carbonyl (C=O) groups is 1. The lowest BCUT2D eigenvalue weighted by atomic mass is 10.1. The minimum absolute atomic E-state index is 0.0550. The molecule has 0 spiro atoms. The molecule has 1 aliphatic heterocycles. The van der Waals surface area contributed by atoms with Crippen molar-refractivity contribution in [3.05, 3.63) is 47.9 Å². The summed E-state index contributed by atoms with van der Waals surface area (Å²) in [7, 11) is 0. The number of anilines is 1. The van der Waals surface area contributed by atoms with Gasteiger partial charge in [-0.2, -0.15) is 4.98 Å². The van der Waals surface area contributed by atoms with Crippen molar-refractivity contribution in [2.24, 2.45) is 0 Å². The molecule has 0 aliphatic carbocycles. The van der Waals surface area contributed by atoms with Gasteiger partial charge in [-0.05, 0) is 25.5 Å². The molecule has 1 aliphatic rings. The molecule has 126 valence electrons. The van der Waals surface area contributed by atoms with Crippen LogP contribution in [0.15, 0.2) is 36.5 Å². The maximum absolute atomic E-state index is 12.4. The van der Waals surface area contributed by atoms with E-state index in [1.165, 1.54) is 0 Å². The van der Waals surface area contributed by atoms with Gasteiger partial charge in [-0.25, -0.2) is 9.78 Å². The number of likely N-dealkylation sites (tertiary alicyclic amines) is 1. The molecule has 1 aromatic carbocycles. The Morgan fingerprint density at radius 2 is 1.96 bits per heavy atom. The number of amides is 2. The Morgan fingerprint density at radius 3 is 2.67 bits per heavy atom. The predicted octanol–water partition coefficient (Wildman–Crippen LogP) is 3.17. The second kappa shape index (κ2) is 7.29. The summed E-state index contributed by atoms with van der Waals surface area (Å²) in [5.41, 5.74) is 1.92. The number of nitrogens with one attached hydrogen (secondary N) is 1. The molecule has 3 rings (SSSR count). The van der Waals surface area contributed by atoms with E-state index >= 15 is 0 Å². The summed E-state index contributed by atoms with van der Waals surface area (Å²) >= 11 is 0. The zero-order chi connectivity index (χ0) is 16.9. The lowest BCUT2D eigenvalue weighted by Crippen LogP contribution is -2.43. The van der Waals surface area contributed by atoms with E-state index in [-0.39, 0.29) is 12.1 Å². The summed E-state index contributed by atoms with van der Waals surface area (Å²) in [5.74, 6) is 1.30. The van der Waals surface area contributed by atoms with E-state index in [9.17, 15) is 4.79 Å². The van der Waals surface area contributed by atoms with Crippen molar-refractivity contribution < 1.29 is 9.53 Å². The summed E-state index contributed by atoms with van der Waals surface area (Å²) in [6.45, 7) is 5.17. The number of hydrogen-bond acceptors (Lipinski definition) is 4. The third-order valence-electron chi connectivity index (χ3n) is 4.15. The topological polar surface area (TPSA) is 67.3 Å².